The summed E-state index contributed by atoms with van der Waals surface area (Å²) in [6.45, 7) is 3.04. The molecule has 0 spiro atoms. The average Bonchev–Trinajstić information content (AvgIpc) is 2.61. The molecule has 1 saturated heterocycles. The van der Waals surface area contributed by atoms with E-state index < -0.39 is 0 Å². The number of hydrogen-bond acceptors (Lipinski definition) is 3. The minimum absolute atomic E-state index is 0. The van der Waals surface area contributed by atoms with E-state index in [1.54, 1.807) is 0 Å². The van der Waals surface area contributed by atoms with Crippen LogP contribution < -0.4 is 10.6 Å². The molecule has 1 fully saturated rings. The number of pyridine rings is 1. The first-order valence-corrected chi connectivity index (χ1v) is 8.59. The van der Waals surface area contributed by atoms with Crippen molar-refractivity contribution in [2.45, 2.75) is 19.3 Å². The molecular formula is C20H24ClN3. The summed E-state index contributed by atoms with van der Waals surface area (Å²) in [5.41, 5.74) is 9.27. The van der Waals surface area contributed by atoms with Crippen molar-refractivity contribution in [3.8, 4) is 0 Å². The number of hydrogen-bond donors (Lipinski definition) is 1. The van der Waals surface area contributed by atoms with Crippen LogP contribution in [0.3, 0.4) is 0 Å². The van der Waals surface area contributed by atoms with Gasteiger partial charge in [0.2, 0.25) is 0 Å². The van der Waals surface area contributed by atoms with Gasteiger partial charge in [0.1, 0.15) is 0 Å². The van der Waals surface area contributed by atoms with Crippen LogP contribution in [0.15, 0.2) is 48.5 Å². The van der Waals surface area contributed by atoms with Crippen molar-refractivity contribution in [2.75, 3.05) is 24.5 Å². The lowest BCUT2D eigenvalue weighted by Gasteiger charge is -2.35. The van der Waals surface area contributed by atoms with Gasteiger partial charge in [-0.05, 0) is 43.9 Å². The van der Waals surface area contributed by atoms with Gasteiger partial charge in [0, 0.05) is 23.9 Å². The molecule has 1 aromatic heterocycles. The molecule has 2 aromatic carbocycles. The first-order chi connectivity index (χ1) is 11.4. The second-order valence-electron chi connectivity index (χ2n) is 6.50. The van der Waals surface area contributed by atoms with Crippen LogP contribution in [-0.2, 0) is 0 Å². The molecule has 0 unspecified atom stereocenters. The second kappa shape index (κ2) is 7.37. The number of halogens is 1. The summed E-state index contributed by atoms with van der Waals surface area (Å²) >= 11 is 0. The first kappa shape index (κ1) is 17.0. The molecular weight excluding hydrogens is 318 g/mol. The molecule has 0 bridgehead atoms. The summed E-state index contributed by atoms with van der Waals surface area (Å²) in [6.07, 6.45) is 3.63. The topological polar surface area (TPSA) is 42.1 Å². The van der Waals surface area contributed by atoms with Crippen molar-refractivity contribution in [1.82, 2.24) is 4.98 Å². The molecule has 3 nitrogen and oxygen atoms in total. The van der Waals surface area contributed by atoms with Crippen LogP contribution in [0, 0.1) is 5.92 Å². The molecule has 0 radical (unpaired) electrons. The third-order valence-corrected chi connectivity index (χ3v) is 5.06. The van der Waals surface area contributed by atoms with Crippen LogP contribution in [0.2, 0.25) is 0 Å². The number of para-hydroxylation sites is 2. The summed E-state index contributed by atoms with van der Waals surface area (Å²) in [5, 5.41) is 2.53. The van der Waals surface area contributed by atoms with E-state index in [9.17, 15) is 0 Å². The highest BCUT2D eigenvalue weighted by Gasteiger charge is 2.22. The lowest BCUT2D eigenvalue weighted by atomic mass is 9.92. The van der Waals surface area contributed by atoms with Crippen molar-refractivity contribution < 1.29 is 0 Å². The van der Waals surface area contributed by atoms with E-state index >= 15 is 0 Å². The Bertz CT molecular complexity index is 771. The normalized spacial score (nSPS) is 15.6. The summed E-state index contributed by atoms with van der Waals surface area (Å²) in [5.74, 6) is 0.788. The fourth-order valence-corrected chi connectivity index (χ4v) is 3.84. The van der Waals surface area contributed by atoms with E-state index in [0.717, 1.165) is 43.0 Å². The maximum absolute atomic E-state index is 5.73. The number of rotatable bonds is 3. The van der Waals surface area contributed by atoms with Gasteiger partial charge in [-0.3, -0.25) is 0 Å². The lowest BCUT2D eigenvalue weighted by Crippen LogP contribution is -2.34. The number of benzene rings is 2. The Hall–Kier alpha value is -1.84. The molecule has 0 amide bonds. The zero-order chi connectivity index (χ0) is 15.6. The van der Waals surface area contributed by atoms with E-state index in [2.05, 4.69) is 53.4 Å². The van der Waals surface area contributed by atoms with Gasteiger partial charge in [-0.1, -0.05) is 36.4 Å². The summed E-state index contributed by atoms with van der Waals surface area (Å²) < 4.78 is 0. The van der Waals surface area contributed by atoms with Gasteiger partial charge in [-0.25, -0.2) is 4.98 Å². The first-order valence-electron chi connectivity index (χ1n) is 8.59. The van der Waals surface area contributed by atoms with Crippen molar-refractivity contribution in [1.29, 1.82) is 0 Å². The van der Waals surface area contributed by atoms with Crippen LogP contribution in [0.4, 0.5) is 5.69 Å². The second-order valence-corrected chi connectivity index (χ2v) is 6.50. The van der Waals surface area contributed by atoms with Crippen molar-refractivity contribution in [2.24, 2.45) is 11.7 Å². The largest absolute Gasteiger partial charge is 0.370 e. The third-order valence-electron chi connectivity index (χ3n) is 5.06. The minimum atomic E-state index is 0. The fourth-order valence-electron chi connectivity index (χ4n) is 3.84. The molecule has 1 aliphatic heterocycles. The zero-order valence-corrected chi connectivity index (χ0v) is 14.6. The molecule has 0 aliphatic carbocycles. The Balaban J connectivity index is 0.00000169. The standard InChI is InChI=1S/C20H23N3.ClH/c21-12-9-15-10-13-23(14-11-15)20-16-5-1-3-7-18(16)22-19-8-4-2-6-17(19)20;/h1-8,15H,9-14,21H2;1H. The highest BCUT2D eigenvalue weighted by molar-refractivity contribution is 6.07. The maximum atomic E-state index is 5.73. The molecule has 0 atom stereocenters. The zero-order valence-electron chi connectivity index (χ0n) is 13.8. The number of piperidine rings is 1. The third kappa shape index (κ3) is 3.06. The highest BCUT2D eigenvalue weighted by atomic mass is 35.5. The molecule has 0 saturated carbocycles. The van der Waals surface area contributed by atoms with Gasteiger partial charge < -0.3 is 10.6 Å². The lowest BCUT2D eigenvalue weighted by molar-refractivity contribution is 0.387. The predicted octanol–water partition coefficient (Wildman–Crippen LogP) is 4.38. The minimum Gasteiger partial charge on any atom is -0.370 e. The molecule has 4 heteroatoms. The Morgan fingerprint density at radius 3 is 2.00 bits per heavy atom. The van der Waals surface area contributed by atoms with Crippen LogP contribution >= 0.6 is 12.4 Å². The molecule has 1 aliphatic rings. The molecule has 2 heterocycles. The van der Waals surface area contributed by atoms with Crippen LogP contribution in [-0.4, -0.2) is 24.6 Å². The van der Waals surface area contributed by atoms with Gasteiger partial charge in [-0.2, -0.15) is 0 Å². The predicted molar refractivity (Wildman–Crippen MR) is 105 cm³/mol. The fraction of sp³-hybridized carbons (Fsp3) is 0.350. The number of nitrogens with two attached hydrogens (primary N) is 1. The van der Waals surface area contributed by atoms with Gasteiger partial charge in [0.25, 0.3) is 0 Å². The highest BCUT2D eigenvalue weighted by Crippen LogP contribution is 2.36. The molecule has 3 aromatic rings. The SMILES string of the molecule is Cl.NCCC1CCN(c2c3ccccc3nc3ccccc23)CC1. The number of anilines is 1. The summed E-state index contributed by atoms with van der Waals surface area (Å²) in [6, 6.07) is 17.0. The maximum Gasteiger partial charge on any atom is 0.0730 e. The van der Waals surface area contributed by atoms with Crippen LogP contribution in [0.1, 0.15) is 19.3 Å². The van der Waals surface area contributed by atoms with E-state index in [4.69, 9.17) is 10.7 Å². The Morgan fingerprint density at radius 2 is 1.46 bits per heavy atom. The van der Waals surface area contributed by atoms with Crippen molar-refractivity contribution in [3.63, 3.8) is 0 Å². The van der Waals surface area contributed by atoms with Gasteiger partial charge >= 0.3 is 0 Å². The Labute approximate surface area is 149 Å². The summed E-state index contributed by atoms with van der Waals surface area (Å²) in [7, 11) is 0. The monoisotopic (exact) mass is 341 g/mol. The number of fused-ring (bicyclic) bond motifs is 2. The Morgan fingerprint density at radius 1 is 0.917 bits per heavy atom. The quantitative estimate of drug-likeness (QED) is 0.719. The van der Waals surface area contributed by atoms with E-state index in [1.165, 1.54) is 29.3 Å². The molecule has 24 heavy (non-hydrogen) atoms. The summed E-state index contributed by atoms with van der Waals surface area (Å²) in [4.78, 5) is 7.39. The van der Waals surface area contributed by atoms with Crippen LogP contribution in [0.25, 0.3) is 21.8 Å². The van der Waals surface area contributed by atoms with Crippen molar-refractivity contribution in [3.05, 3.63) is 48.5 Å². The molecule has 2 N–H and O–H groups in total. The molecule has 126 valence electrons. The van der Waals surface area contributed by atoms with Gasteiger partial charge in [0.05, 0.1) is 16.7 Å². The van der Waals surface area contributed by atoms with E-state index in [-0.39, 0.29) is 12.4 Å². The number of aromatic nitrogens is 1. The average molecular weight is 342 g/mol. The smallest absolute Gasteiger partial charge is 0.0730 e. The van der Waals surface area contributed by atoms with Gasteiger partial charge in [-0.15, -0.1) is 12.4 Å². The number of nitrogens with zero attached hydrogens (tertiary/aromatic N) is 2. The molecule has 4 rings (SSSR count). The van der Waals surface area contributed by atoms with E-state index in [1.807, 2.05) is 0 Å². The Kier molecular flexibility index (Phi) is 5.22. The van der Waals surface area contributed by atoms with Crippen LogP contribution in [0.5, 0.6) is 0 Å². The van der Waals surface area contributed by atoms with E-state index in [0.29, 0.717) is 0 Å². The van der Waals surface area contributed by atoms with Gasteiger partial charge in [0.15, 0.2) is 0 Å². The van der Waals surface area contributed by atoms with Crippen molar-refractivity contribution >= 4 is 39.9 Å².